The molecule has 3 fully saturated rings. The summed E-state index contributed by atoms with van der Waals surface area (Å²) in [7, 11) is 2.16. The Kier molecular flexibility index (Phi) is 5.93. The third kappa shape index (κ3) is 3.92. The number of ether oxygens (including phenoxy) is 2. The summed E-state index contributed by atoms with van der Waals surface area (Å²) in [5.41, 5.74) is 1.56. The smallest absolute Gasteiger partial charge is 0.324 e. The zero-order valence-corrected chi connectivity index (χ0v) is 17.3. The largest absolute Gasteiger partial charge is 0.480 e. The van der Waals surface area contributed by atoms with Crippen LogP contribution in [0.25, 0.3) is 0 Å². The number of carboxylic acids is 1. The first-order valence-electron chi connectivity index (χ1n) is 10.9. The van der Waals surface area contributed by atoms with Crippen LogP contribution in [0.15, 0.2) is 24.3 Å². The van der Waals surface area contributed by atoms with Crippen molar-refractivity contribution < 1.29 is 24.2 Å². The Balaban J connectivity index is 1.50. The van der Waals surface area contributed by atoms with Crippen LogP contribution in [-0.2, 0) is 19.1 Å². The number of piperidine rings is 1. The summed E-state index contributed by atoms with van der Waals surface area (Å²) in [6, 6.07) is 8.28. The minimum Gasteiger partial charge on any atom is -0.480 e. The Bertz CT molecular complexity index is 747. The number of carbonyl (C=O) groups is 2. The molecule has 0 amide bonds. The molecule has 2 bridgehead atoms. The first-order valence-corrected chi connectivity index (χ1v) is 10.9. The molecule has 29 heavy (non-hydrogen) atoms. The van der Waals surface area contributed by atoms with E-state index in [-0.39, 0.29) is 12.5 Å². The highest BCUT2D eigenvalue weighted by Gasteiger charge is 2.62. The third-order valence-electron chi connectivity index (χ3n) is 6.89. The molecule has 0 aliphatic carbocycles. The molecule has 0 saturated carbocycles. The van der Waals surface area contributed by atoms with E-state index >= 15 is 0 Å². The van der Waals surface area contributed by atoms with Gasteiger partial charge in [0.15, 0.2) is 5.92 Å². The maximum atomic E-state index is 12.7. The first-order chi connectivity index (χ1) is 14.0. The minimum atomic E-state index is -1.26. The number of hydrogen-bond donors (Lipinski definition) is 1. The van der Waals surface area contributed by atoms with Crippen LogP contribution in [0.5, 0.6) is 0 Å². The van der Waals surface area contributed by atoms with Crippen molar-refractivity contribution in [2.75, 3.05) is 13.7 Å². The number of esters is 1. The molecule has 3 aliphatic rings. The fraction of sp³-hybridized carbons (Fsp3) is 0.652. The molecular formula is C23H31NO5. The SMILES string of the molecule is CCCCCCOC(=O)C(C(=O)O)c1ccccc1C1CC2C3OC3C(C1)N2C. The van der Waals surface area contributed by atoms with Gasteiger partial charge in [-0.15, -0.1) is 0 Å². The number of nitrogens with zero attached hydrogens (tertiary/aromatic N) is 1. The van der Waals surface area contributed by atoms with Gasteiger partial charge >= 0.3 is 11.9 Å². The van der Waals surface area contributed by atoms with Gasteiger partial charge in [0.25, 0.3) is 0 Å². The summed E-state index contributed by atoms with van der Waals surface area (Å²) in [6.45, 7) is 2.40. The van der Waals surface area contributed by atoms with E-state index in [9.17, 15) is 14.7 Å². The Hall–Kier alpha value is -1.92. The predicted octanol–water partition coefficient (Wildman–Crippen LogP) is 3.31. The van der Waals surface area contributed by atoms with Crippen LogP contribution in [0, 0.1) is 0 Å². The monoisotopic (exact) mass is 401 g/mol. The van der Waals surface area contributed by atoms with E-state index in [1.165, 1.54) is 0 Å². The second-order valence-electron chi connectivity index (χ2n) is 8.66. The van der Waals surface area contributed by atoms with Gasteiger partial charge in [-0.3, -0.25) is 14.5 Å². The molecule has 1 aromatic rings. The number of epoxide rings is 1. The molecule has 3 heterocycles. The summed E-state index contributed by atoms with van der Waals surface area (Å²) >= 11 is 0. The standard InChI is InChI=1S/C23H31NO5/c1-3-4-5-8-11-28-23(27)19(22(25)26)16-10-7-6-9-15(16)14-12-17-20-21(29-20)18(13-14)24(17)2/h6-7,9-10,14,17-21H,3-5,8,11-13H2,1-2H3,(H,25,26). The zero-order valence-electron chi connectivity index (χ0n) is 17.3. The lowest BCUT2D eigenvalue weighted by molar-refractivity contribution is -0.154. The number of carbonyl (C=O) groups excluding carboxylic acids is 1. The minimum absolute atomic E-state index is 0.244. The van der Waals surface area contributed by atoms with Gasteiger partial charge in [-0.2, -0.15) is 0 Å². The van der Waals surface area contributed by atoms with Crippen molar-refractivity contribution in [2.24, 2.45) is 0 Å². The molecule has 158 valence electrons. The molecule has 0 spiro atoms. The van der Waals surface area contributed by atoms with Crippen LogP contribution in [-0.4, -0.2) is 59.9 Å². The normalized spacial score (nSPS) is 31.2. The molecule has 1 N–H and O–H groups in total. The first kappa shape index (κ1) is 20.4. The van der Waals surface area contributed by atoms with Crippen LogP contribution in [0.3, 0.4) is 0 Å². The van der Waals surface area contributed by atoms with E-state index < -0.39 is 17.9 Å². The van der Waals surface area contributed by atoms with Crippen LogP contribution < -0.4 is 0 Å². The van der Waals surface area contributed by atoms with Gasteiger partial charge in [-0.25, -0.2) is 0 Å². The number of benzene rings is 1. The average molecular weight is 402 g/mol. The van der Waals surface area contributed by atoms with Crippen LogP contribution in [0.2, 0.25) is 0 Å². The second-order valence-corrected chi connectivity index (χ2v) is 8.66. The van der Waals surface area contributed by atoms with Crippen molar-refractivity contribution >= 4 is 11.9 Å². The summed E-state index contributed by atoms with van der Waals surface area (Å²) < 4.78 is 11.1. The summed E-state index contributed by atoms with van der Waals surface area (Å²) in [5.74, 6) is -2.81. The van der Waals surface area contributed by atoms with Crippen molar-refractivity contribution in [1.82, 2.24) is 4.90 Å². The predicted molar refractivity (Wildman–Crippen MR) is 108 cm³/mol. The molecule has 0 radical (unpaired) electrons. The Labute approximate surface area is 172 Å². The number of morpholine rings is 1. The number of unbranched alkanes of at least 4 members (excludes halogenated alkanes) is 3. The molecule has 6 heteroatoms. The van der Waals surface area contributed by atoms with Gasteiger partial charge in [-0.1, -0.05) is 50.5 Å². The highest BCUT2D eigenvalue weighted by atomic mass is 16.6. The molecule has 6 nitrogen and oxygen atoms in total. The van der Waals surface area contributed by atoms with Crippen molar-refractivity contribution in [1.29, 1.82) is 0 Å². The van der Waals surface area contributed by atoms with Gasteiger partial charge in [0.05, 0.1) is 6.61 Å². The van der Waals surface area contributed by atoms with E-state index in [4.69, 9.17) is 9.47 Å². The van der Waals surface area contributed by atoms with Gasteiger partial charge in [0.1, 0.15) is 12.2 Å². The van der Waals surface area contributed by atoms with Crippen molar-refractivity contribution in [2.45, 2.75) is 81.6 Å². The fourth-order valence-electron chi connectivity index (χ4n) is 5.29. The van der Waals surface area contributed by atoms with E-state index in [2.05, 4.69) is 18.9 Å². The zero-order chi connectivity index (χ0) is 20.5. The van der Waals surface area contributed by atoms with E-state index in [0.717, 1.165) is 44.1 Å². The Morgan fingerprint density at radius 1 is 1.17 bits per heavy atom. The van der Waals surface area contributed by atoms with Crippen LogP contribution in [0.1, 0.15) is 68.4 Å². The molecule has 4 rings (SSSR count). The van der Waals surface area contributed by atoms with Gasteiger partial charge in [0.2, 0.25) is 0 Å². The molecule has 0 aromatic heterocycles. The highest BCUT2D eigenvalue weighted by molar-refractivity contribution is 6.00. The summed E-state index contributed by atoms with van der Waals surface area (Å²) in [4.78, 5) is 27.1. The molecule has 5 atom stereocenters. The number of hydrogen-bond acceptors (Lipinski definition) is 5. The van der Waals surface area contributed by atoms with E-state index in [0.29, 0.717) is 29.9 Å². The van der Waals surface area contributed by atoms with Crippen molar-refractivity contribution in [3.05, 3.63) is 35.4 Å². The lowest BCUT2D eigenvalue weighted by atomic mass is 9.80. The number of likely N-dealkylation sites (N-methyl/N-ethyl adjacent to an activating group) is 1. The highest BCUT2D eigenvalue weighted by Crippen LogP contribution is 2.52. The van der Waals surface area contributed by atoms with Crippen molar-refractivity contribution in [3.8, 4) is 0 Å². The lowest BCUT2D eigenvalue weighted by Gasteiger charge is -2.39. The maximum Gasteiger partial charge on any atom is 0.324 e. The quantitative estimate of drug-likeness (QED) is 0.296. The van der Waals surface area contributed by atoms with E-state index in [1.54, 1.807) is 6.07 Å². The molecule has 5 unspecified atom stereocenters. The molecule has 3 saturated heterocycles. The number of aliphatic carboxylic acids is 1. The van der Waals surface area contributed by atoms with Gasteiger partial charge in [-0.05, 0) is 43.4 Å². The molecule has 3 aliphatic heterocycles. The number of fused-ring (bicyclic) bond motifs is 5. The van der Waals surface area contributed by atoms with Crippen LogP contribution in [0.4, 0.5) is 0 Å². The average Bonchev–Trinajstić information content (AvgIpc) is 3.45. The third-order valence-corrected chi connectivity index (χ3v) is 6.89. The topological polar surface area (TPSA) is 79.4 Å². The maximum absolute atomic E-state index is 12.7. The molecule has 1 aromatic carbocycles. The fourth-order valence-corrected chi connectivity index (χ4v) is 5.29. The Morgan fingerprint density at radius 2 is 1.86 bits per heavy atom. The van der Waals surface area contributed by atoms with E-state index in [1.807, 2.05) is 18.2 Å². The van der Waals surface area contributed by atoms with Crippen molar-refractivity contribution in [3.63, 3.8) is 0 Å². The summed E-state index contributed by atoms with van der Waals surface area (Å²) in [6.07, 6.45) is 6.47. The van der Waals surface area contributed by atoms with Gasteiger partial charge in [0, 0.05) is 12.1 Å². The lowest BCUT2D eigenvalue weighted by Crippen LogP contribution is -2.44. The van der Waals surface area contributed by atoms with Crippen LogP contribution >= 0.6 is 0 Å². The van der Waals surface area contributed by atoms with Gasteiger partial charge < -0.3 is 14.6 Å². The molecular weight excluding hydrogens is 370 g/mol. The Morgan fingerprint density at radius 3 is 2.52 bits per heavy atom. The number of carboxylic acid groups (broad SMARTS) is 1. The second kappa shape index (κ2) is 8.44. The number of rotatable bonds is 9. The summed E-state index contributed by atoms with van der Waals surface area (Å²) in [5, 5.41) is 9.84.